The molecule has 0 fully saturated rings. The lowest BCUT2D eigenvalue weighted by Crippen LogP contribution is -1.85. The highest BCUT2D eigenvalue weighted by atomic mass is 19.1. The van der Waals surface area contributed by atoms with Crippen LogP contribution in [0, 0.1) is 18.1 Å². The molecular weight excluding hydrogens is 146 g/mol. The molecule has 0 unspecified atom stereocenters. The van der Waals surface area contributed by atoms with Crippen LogP contribution in [0.5, 0.6) is 0 Å². The Hall–Kier alpha value is -0.920. The molecule has 0 aliphatic carbocycles. The van der Waals surface area contributed by atoms with Crippen molar-refractivity contribution in [3.8, 4) is 0 Å². The number of hydrogen-bond acceptors (Lipinski definition) is 0. The molecule has 0 N–H and O–H groups in total. The van der Waals surface area contributed by atoms with Crippen molar-refractivity contribution in [1.29, 1.82) is 0 Å². The SMILES string of the molecule is CC[CH]c1cc(F)cc(F)c1. The van der Waals surface area contributed by atoms with E-state index in [-0.39, 0.29) is 0 Å². The molecule has 0 spiro atoms. The average Bonchev–Trinajstić information content (AvgIpc) is 1.85. The van der Waals surface area contributed by atoms with Crippen LogP contribution in [0.15, 0.2) is 18.2 Å². The second-order valence-electron chi connectivity index (χ2n) is 2.32. The standard InChI is InChI=1S/C9H9F2/c1-2-3-7-4-8(10)6-9(11)5-7/h3-6H,2H2,1H3. The van der Waals surface area contributed by atoms with Gasteiger partial charge in [0.2, 0.25) is 0 Å². The molecule has 2 heteroatoms. The van der Waals surface area contributed by atoms with Gasteiger partial charge in [-0.1, -0.05) is 6.92 Å². The van der Waals surface area contributed by atoms with Crippen molar-refractivity contribution in [2.24, 2.45) is 0 Å². The van der Waals surface area contributed by atoms with E-state index < -0.39 is 11.6 Å². The molecule has 1 aromatic rings. The first-order chi connectivity index (χ1) is 5.22. The maximum atomic E-state index is 12.5. The second kappa shape index (κ2) is 3.46. The molecule has 0 nitrogen and oxygen atoms in total. The van der Waals surface area contributed by atoms with E-state index in [4.69, 9.17) is 0 Å². The van der Waals surface area contributed by atoms with Crippen molar-refractivity contribution in [3.63, 3.8) is 0 Å². The van der Waals surface area contributed by atoms with Gasteiger partial charge < -0.3 is 0 Å². The third-order valence-corrected chi connectivity index (χ3v) is 1.32. The van der Waals surface area contributed by atoms with Crippen molar-refractivity contribution in [2.45, 2.75) is 13.3 Å². The highest BCUT2D eigenvalue weighted by molar-refractivity contribution is 5.24. The molecule has 1 aromatic carbocycles. The van der Waals surface area contributed by atoms with Gasteiger partial charge in [0.25, 0.3) is 0 Å². The molecular formula is C9H9F2. The van der Waals surface area contributed by atoms with E-state index in [0.717, 1.165) is 12.5 Å². The fraction of sp³-hybridized carbons (Fsp3) is 0.222. The molecule has 0 aliphatic rings. The molecule has 0 bridgehead atoms. The van der Waals surface area contributed by atoms with Crippen LogP contribution in [0.25, 0.3) is 0 Å². The van der Waals surface area contributed by atoms with Crippen molar-refractivity contribution >= 4 is 0 Å². The molecule has 0 saturated heterocycles. The quantitative estimate of drug-likeness (QED) is 0.616. The monoisotopic (exact) mass is 155 g/mol. The van der Waals surface area contributed by atoms with Gasteiger partial charge in [0.05, 0.1) is 0 Å². The fourth-order valence-corrected chi connectivity index (χ4v) is 0.929. The van der Waals surface area contributed by atoms with E-state index in [2.05, 4.69) is 0 Å². The second-order valence-corrected chi connectivity index (χ2v) is 2.32. The molecule has 1 radical (unpaired) electrons. The molecule has 59 valence electrons. The maximum absolute atomic E-state index is 12.5. The van der Waals surface area contributed by atoms with Crippen LogP contribution in [-0.2, 0) is 0 Å². The summed E-state index contributed by atoms with van der Waals surface area (Å²) in [5.41, 5.74) is 0.602. The number of halogens is 2. The van der Waals surface area contributed by atoms with E-state index >= 15 is 0 Å². The summed E-state index contributed by atoms with van der Waals surface area (Å²) in [5.74, 6) is -1.05. The predicted octanol–water partition coefficient (Wildman–Crippen LogP) is 2.93. The van der Waals surface area contributed by atoms with E-state index in [0.29, 0.717) is 5.56 Å². The molecule has 0 heterocycles. The van der Waals surface area contributed by atoms with Gasteiger partial charge in [-0.3, -0.25) is 0 Å². The van der Waals surface area contributed by atoms with Crippen LogP contribution < -0.4 is 0 Å². The summed E-state index contributed by atoms with van der Waals surface area (Å²) in [7, 11) is 0. The third-order valence-electron chi connectivity index (χ3n) is 1.32. The zero-order valence-corrected chi connectivity index (χ0v) is 6.27. The van der Waals surface area contributed by atoms with Crippen LogP contribution >= 0.6 is 0 Å². The largest absolute Gasteiger partial charge is 0.207 e. The summed E-state index contributed by atoms with van der Waals surface area (Å²) in [6, 6.07) is 3.49. The van der Waals surface area contributed by atoms with Crippen LogP contribution in [0.4, 0.5) is 8.78 Å². The molecule has 0 aliphatic heterocycles. The molecule has 0 atom stereocenters. The first kappa shape index (κ1) is 8.18. The summed E-state index contributed by atoms with van der Waals surface area (Å²) >= 11 is 0. The summed E-state index contributed by atoms with van der Waals surface area (Å²) in [6.45, 7) is 1.92. The van der Waals surface area contributed by atoms with Gasteiger partial charge >= 0.3 is 0 Å². The van der Waals surface area contributed by atoms with Gasteiger partial charge in [-0.25, -0.2) is 8.78 Å². The minimum atomic E-state index is -0.523. The molecule has 0 saturated carbocycles. The van der Waals surface area contributed by atoms with E-state index in [1.807, 2.05) is 6.92 Å². The number of rotatable bonds is 2. The Balaban J connectivity index is 2.89. The van der Waals surface area contributed by atoms with Gasteiger partial charge in [0.15, 0.2) is 0 Å². The van der Waals surface area contributed by atoms with Gasteiger partial charge in [0, 0.05) is 6.07 Å². The first-order valence-electron chi connectivity index (χ1n) is 3.51. The van der Waals surface area contributed by atoms with Crippen LogP contribution in [0.2, 0.25) is 0 Å². The smallest absolute Gasteiger partial charge is 0.126 e. The maximum Gasteiger partial charge on any atom is 0.126 e. The normalized spacial score (nSPS) is 10.1. The van der Waals surface area contributed by atoms with Gasteiger partial charge in [-0.2, -0.15) is 0 Å². The van der Waals surface area contributed by atoms with E-state index in [9.17, 15) is 8.78 Å². The Morgan fingerprint density at radius 3 is 2.18 bits per heavy atom. The Bertz CT molecular complexity index is 223. The van der Waals surface area contributed by atoms with Crippen LogP contribution in [0.3, 0.4) is 0 Å². The van der Waals surface area contributed by atoms with Crippen molar-refractivity contribution in [1.82, 2.24) is 0 Å². The third kappa shape index (κ3) is 2.30. The molecule has 11 heavy (non-hydrogen) atoms. The average molecular weight is 155 g/mol. The lowest BCUT2D eigenvalue weighted by Gasteiger charge is -1.97. The van der Waals surface area contributed by atoms with Gasteiger partial charge in [0.1, 0.15) is 11.6 Å². The Labute approximate surface area is 64.9 Å². The van der Waals surface area contributed by atoms with Crippen LogP contribution in [0.1, 0.15) is 18.9 Å². The Morgan fingerprint density at radius 2 is 1.73 bits per heavy atom. The van der Waals surface area contributed by atoms with Crippen LogP contribution in [-0.4, -0.2) is 0 Å². The predicted molar refractivity (Wildman–Crippen MR) is 40.1 cm³/mol. The zero-order chi connectivity index (χ0) is 8.27. The highest BCUT2D eigenvalue weighted by Gasteiger charge is 1.98. The van der Waals surface area contributed by atoms with Crippen molar-refractivity contribution < 1.29 is 8.78 Å². The Morgan fingerprint density at radius 1 is 1.18 bits per heavy atom. The molecule has 0 amide bonds. The minimum absolute atomic E-state index is 0.523. The summed E-state index contributed by atoms with van der Waals surface area (Å²) in [4.78, 5) is 0. The van der Waals surface area contributed by atoms with Crippen molar-refractivity contribution in [2.75, 3.05) is 0 Å². The number of benzene rings is 1. The first-order valence-corrected chi connectivity index (χ1v) is 3.51. The van der Waals surface area contributed by atoms with E-state index in [1.165, 1.54) is 12.1 Å². The Kier molecular flexibility index (Phi) is 2.58. The van der Waals surface area contributed by atoms with E-state index in [1.54, 1.807) is 6.42 Å². The van der Waals surface area contributed by atoms with Gasteiger partial charge in [-0.05, 0) is 30.5 Å². The lowest BCUT2D eigenvalue weighted by molar-refractivity contribution is 0.581. The molecule has 1 rings (SSSR count). The lowest BCUT2D eigenvalue weighted by atomic mass is 10.1. The highest BCUT2D eigenvalue weighted by Crippen LogP contribution is 2.10. The summed E-state index contributed by atoms with van der Waals surface area (Å²) < 4.78 is 25.0. The topological polar surface area (TPSA) is 0 Å². The number of hydrogen-bond donors (Lipinski definition) is 0. The molecule has 0 aromatic heterocycles. The fourth-order valence-electron chi connectivity index (χ4n) is 0.929. The minimum Gasteiger partial charge on any atom is -0.207 e. The van der Waals surface area contributed by atoms with Crippen molar-refractivity contribution in [3.05, 3.63) is 41.8 Å². The summed E-state index contributed by atoms with van der Waals surface area (Å²) in [6.07, 6.45) is 2.55. The zero-order valence-electron chi connectivity index (χ0n) is 6.27. The van der Waals surface area contributed by atoms with Gasteiger partial charge in [-0.15, -0.1) is 0 Å². The summed E-state index contributed by atoms with van der Waals surface area (Å²) in [5, 5.41) is 0.